The Hall–Kier alpha value is -2.98. The summed E-state index contributed by atoms with van der Waals surface area (Å²) in [4.78, 5) is 35.0. The van der Waals surface area contributed by atoms with Crippen molar-refractivity contribution in [2.75, 3.05) is 25.0 Å². The number of carbonyl (C=O) groups excluding carboxylic acids is 2. The fourth-order valence-electron chi connectivity index (χ4n) is 3.65. The smallest absolute Gasteiger partial charge is 0.223 e. The Morgan fingerprint density at radius 3 is 2.55 bits per heavy atom. The Morgan fingerprint density at radius 1 is 1.19 bits per heavy atom. The number of aryl methyl sites for hydroxylation is 2. The maximum absolute atomic E-state index is 11.5. The van der Waals surface area contributed by atoms with Crippen LogP contribution in [0.3, 0.4) is 0 Å². The van der Waals surface area contributed by atoms with Crippen LogP contribution in [0.15, 0.2) is 29.3 Å². The first-order valence-corrected chi connectivity index (χ1v) is 11.1. The highest BCUT2D eigenvalue weighted by atomic mass is 32.1. The number of guanidine groups is 1. The van der Waals surface area contributed by atoms with Crippen molar-refractivity contribution in [3.63, 3.8) is 0 Å². The van der Waals surface area contributed by atoms with Gasteiger partial charge in [-0.1, -0.05) is 12.1 Å². The van der Waals surface area contributed by atoms with Crippen LogP contribution in [0, 0.1) is 5.92 Å². The Balaban J connectivity index is 1.64. The van der Waals surface area contributed by atoms with E-state index in [1.165, 1.54) is 18.3 Å². The fourth-order valence-corrected chi connectivity index (χ4v) is 4.70. The van der Waals surface area contributed by atoms with Gasteiger partial charge in [-0.15, -0.1) is 11.3 Å². The van der Waals surface area contributed by atoms with E-state index in [1.807, 2.05) is 24.3 Å². The molecule has 9 nitrogen and oxygen atoms in total. The predicted octanol–water partition coefficient (Wildman–Crippen LogP) is 1.14. The lowest BCUT2D eigenvalue weighted by Gasteiger charge is -2.14. The topological polar surface area (TPSA) is 153 Å². The lowest BCUT2D eigenvalue weighted by molar-refractivity contribution is -0.121. The number of amides is 2. The van der Waals surface area contributed by atoms with E-state index in [9.17, 15) is 9.59 Å². The molecule has 7 N–H and O–H groups in total. The number of nitrogens with zero attached hydrogens (tertiary/aromatic N) is 3. The van der Waals surface area contributed by atoms with Crippen LogP contribution in [-0.2, 0) is 28.9 Å². The van der Waals surface area contributed by atoms with Gasteiger partial charge in [-0.05, 0) is 49.9 Å². The molecule has 2 amide bonds. The monoisotopic (exact) mass is 443 g/mol. The third kappa shape index (κ3) is 6.76. The van der Waals surface area contributed by atoms with Gasteiger partial charge in [0, 0.05) is 24.9 Å². The second-order valence-electron chi connectivity index (χ2n) is 7.71. The molecule has 1 saturated heterocycles. The van der Waals surface area contributed by atoms with E-state index in [4.69, 9.17) is 17.2 Å². The summed E-state index contributed by atoms with van der Waals surface area (Å²) in [6, 6.07) is 7.75. The second kappa shape index (κ2) is 10.4. The van der Waals surface area contributed by atoms with E-state index in [0.717, 1.165) is 54.9 Å². The zero-order chi connectivity index (χ0) is 22.4. The number of aromatic nitrogens is 1. The number of carbonyl (C=O) groups is 2. The number of nitrogens with two attached hydrogens (primary N) is 3. The number of hydrogen-bond acceptors (Lipinski definition) is 6. The van der Waals surface area contributed by atoms with Gasteiger partial charge in [-0.3, -0.25) is 9.59 Å². The second-order valence-corrected chi connectivity index (χ2v) is 8.80. The van der Waals surface area contributed by atoms with Crippen molar-refractivity contribution in [1.82, 2.24) is 9.88 Å². The standard InChI is InChI=1S/C21H29N7O2S/c1-13(29)25-21-27-17(7-4-14-2-5-16(6-3-14)26-20(23)24)18(31-21)9-11-28-10-8-15(12-28)19(22)30/h2-3,5-6,15H,4,7-12H2,1H3,(H2,22,30)(H4,23,24,26)(H,25,27,29). The number of anilines is 1. The molecule has 0 spiro atoms. The number of likely N-dealkylation sites (tertiary alicyclic amines) is 1. The number of rotatable bonds is 9. The van der Waals surface area contributed by atoms with Crippen LogP contribution in [0.5, 0.6) is 0 Å². The highest BCUT2D eigenvalue weighted by Crippen LogP contribution is 2.26. The molecule has 1 fully saturated rings. The van der Waals surface area contributed by atoms with Crippen molar-refractivity contribution in [2.24, 2.45) is 28.1 Å². The molecule has 10 heteroatoms. The fraction of sp³-hybridized carbons (Fsp3) is 0.429. The molecule has 1 aromatic heterocycles. The van der Waals surface area contributed by atoms with Gasteiger partial charge in [0.1, 0.15) is 0 Å². The minimum atomic E-state index is -0.222. The quantitative estimate of drug-likeness (QED) is 0.337. The van der Waals surface area contributed by atoms with E-state index >= 15 is 0 Å². The maximum atomic E-state index is 11.5. The summed E-state index contributed by atoms with van der Waals surface area (Å²) < 4.78 is 0. The summed E-state index contributed by atoms with van der Waals surface area (Å²) in [5.74, 6) is -0.380. The summed E-state index contributed by atoms with van der Waals surface area (Å²) in [6.07, 6.45) is 3.21. The zero-order valence-corrected chi connectivity index (χ0v) is 18.5. The third-order valence-electron chi connectivity index (χ3n) is 5.24. The minimum Gasteiger partial charge on any atom is -0.370 e. The minimum absolute atomic E-state index is 0.0329. The highest BCUT2D eigenvalue weighted by molar-refractivity contribution is 7.15. The van der Waals surface area contributed by atoms with E-state index in [1.54, 1.807) is 0 Å². The Morgan fingerprint density at radius 2 is 1.94 bits per heavy atom. The van der Waals surface area contributed by atoms with Crippen molar-refractivity contribution in [1.29, 1.82) is 0 Å². The predicted molar refractivity (Wildman–Crippen MR) is 123 cm³/mol. The highest BCUT2D eigenvalue weighted by Gasteiger charge is 2.26. The molecule has 1 aliphatic rings. The number of nitrogens with one attached hydrogen (secondary N) is 1. The summed E-state index contributed by atoms with van der Waals surface area (Å²) in [6.45, 7) is 3.91. The van der Waals surface area contributed by atoms with Crippen LogP contribution in [-0.4, -0.2) is 47.3 Å². The van der Waals surface area contributed by atoms with Crippen molar-refractivity contribution in [2.45, 2.75) is 32.6 Å². The van der Waals surface area contributed by atoms with Gasteiger partial charge in [0.25, 0.3) is 0 Å². The Labute approximate surface area is 185 Å². The Kier molecular flexibility index (Phi) is 7.59. The molecule has 3 rings (SSSR count). The lowest BCUT2D eigenvalue weighted by Crippen LogP contribution is -2.28. The first kappa shape index (κ1) is 22.7. The molecule has 31 heavy (non-hydrogen) atoms. The van der Waals surface area contributed by atoms with Gasteiger partial charge in [-0.25, -0.2) is 9.98 Å². The first-order chi connectivity index (χ1) is 14.8. The lowest BCUT2D eigenvalue weighted by atomic mass is 10.1. The number of thiazole rings is 1. The summed E-state index contributed by atoms with van der Waals surface area (Å²) >= 11 is 1.52. The molecule has 2 aromatic rings. The number of primary amides is 1. The molecule has 2 heterocycles. The zero-order valence-electron chi connectivity index (χ0n) is 17.6. The number of benzene rings is 1. The van der Waals surface area contributed by atoms with Crippen molar-refractivity contribution < 1.29 is 9.59 Å². The molecular formula is C21H29N7O2S. The molecule has 0 saturated carbocycles. The van der Waals surface area contributed by atoms with Gasteiger partial charge in [0.2, 0.25) is 11.8 Å². The molecular weight excluding hydrogens is 414 g/mol. The van der Waals surface area contributed by atoms with Crippen molar-refractivity contribution >= 4 is 39.9 Å². The van der Waals surface area contributed by atoms with E-state index in [-0.39, 0.29) is 23.7 Å². The molecule has 1 aliphatic heterocycles. The van der Waals surface area contributed by atoms with Crippen LogP contribution < -0.4 is 22.5 Å². The maximum Gasteiger partial charge on any atom is 0.223 e. The molecule has 0 radical (unpaired) electrons. The first-order valence-electron chi connectivity index (χ1n) is 10.3. The summed E-state index contributed by atoms with van der Waals surface area (Å²) in [5, 5.41) is 3.42. The van der Waals surface area contributed by atoms with Crippen molar-refractivity contribution in [3.05, 3.63) is 40.4 Å². The van der Waals surface area contributed by atoms with Gasteiger partial charge >= 0.3 is 0 Å². The van der Waals surface area contributed by atoms with Crippen molar-refractivity contribution in [3.8, 4) is 0 Å². The molecule has 1 aromatic carbocycles. The van der Waals surface area contributed by atoms with Crippen LogP contribution in [0.1, 0.15) is 29.5 Å². The van der Waals surface area contributed by atoms with Gasteiger partial charge < -0.3 is 27.4 Å². The SMILES string of the molecule is CC(=O)Nc1nc(CCc2ccc(N=C(N)N)cc2)c(CCN2CCC(C(N)=O)C2)s1. The van der Waals surface area contributed by atoms with E-state index in [0.29, 0.717) is 17.4 Å². The molecule has 1 atom stereocenters. The van der Waals surface area contributed by atoms with Gasteiger partial charge in [0.05, 0.1) is 17.3 Å². The third-order valence-corrected chi connectivity index (χ3v) is 6.31. The average molecular weight is 444 g/mol. The molecule has 0 bridgehead atoms. The number of hydrogen-bond donors (Lipinski definition) is 4. The van der Waals surface area contributed by atoms with Gasteiger partial charge in [-0.2, -0.15) is 0 Å². The van der Waals surface area contributed by atoms with Crippen LogP contribution in [0.4, 0.5) is 10.8 Å². The molecule has 1 unspecified atom stereocenters. The summed E-state index contributed by atoms with van der Waals surface area (Å²) in [7, 11) is 0. The normalized spacial score (nSPS) is 16.2. The van der Waals surface area contributed by atoms with Crippen LogP contribution in [0.2, 0.25) is 0 Å². The summed E-state index contributed by atoms with van der Waals surface area (Å²) in [5.41, 5.74) is 19.1. The average Bonchev–Trinajstić information content (AvgIpc) is 3.32. The largest absolute Gasteiger partial charge is 0.370 e. The van der Waals surface area contributed by atoms with Crippen LogP contribution >= 0.6 is 11.3 Å². The van der Waals surface area contributed by atoms with E-state index < -0.39 is 0 Å². The Bertz CT molecular complexity index is 951. The van der Waals surface area contributed by atoms with E-state index in [2.05, 4.69) is 20.2 Å². The molecule has 166 valence electrons. The van der Waals surface area contributed by atoms with Crippen LogP contribution in [0.25, 0.3) is 0 Å². The molecule has 0 aliphatic carbocycles. The number of aliphatic imine (C=N–C) groups is 1. The van der Waals surface area contributed by atoms with Gasteiger partial charge in [0.15, 0.2) is 11.1 Å².